The maximum absolute atomic E-state index is 11.9. The van der Waals surface area contributed by atoms with Crippen molar-refractivity contribution in [3.63, 3.8) is 0 Å². The van der Waals surface area contributed by atoms with Gasteiger partial charge in [0.05, 0.1) is 86.5 Å². The molecule has 0 aliphatic heterocycles. The molecule has 25 heteroatoms. The lowest BCUT2D eigenvalue weighted by Gasteiger charge is -2.06. The number of nitrogens with zero attached hydrogens (tertiary/aromatic N) is 4. The Balaban J connectivity index is 0.000000197. The van der Waals surface area contributed by atoms with Gasteiger partial charge in [0.25, 0.3) is 22.2 Å². The number of aromatic carboxylic acids is 1. The summed E-state index contributed by atoms with van der Waals surface area (Å²) in [6.07, 6.45) is 13.2. The van der Waals surface area contributed by atoms with Gasteiger partial charge in [-0.05, 0) is 92.8 Å². The number of rotatable bonds is 12. The van der Waals surface area contributed by atoms with Crippen LogP contribution >= 0.6 is 12.4 Å². The van der Waals surface area contributed by atoms with E-state index in [-0.39, 0.29) is 94.4 Å². The molecular formula is C50H64ClN7O17. The van der Waals surface area contributed by atoms with Crippen LogP contribution in [0.1, 0.15) is 87.3 Å². The number of carbonyl (C=O) groups excluding carboxylic acids is 2. The lowest BCUT2D eigenvalue weighted by Crippen LogP contribution is -2.26. The maximum Gasteiger partial charge on any atom is 0.350 e. The first kappa shape index (κ1) is 60.4. The van der Waals surface area contributed by atoms with E-state index in [0.717, 1.165) is 32.1 Å². The van der Waals surface area contributed by atoms with Crippen molar-refractivity contribution < 1.29 is 57.1 Å². The van der Waals surface area contributed by atoms with Crippen molar-refractivity contribution in [3.05, 3.63) is 160 Å². The van der Waals surface area contributed by atoms with Crippen molar-refractivity contribution in [1.82, 2.24) is 18.3 Å². The van der Waals surface area contributed by atoms with Crippen LogP contribution in [0.4, 0.5) is 11.4 Å². The van der Waals surface area contributed by atoms with Crippen LogP contribution in [0.25, 0.3) is 0 Å². The van der Waals surface area contributed by atoms with Gasteiger partial charge < -0.3 is 78.2 Å². The van der Waals surface area contributed by atoms with Crippen LogP contribution < -0.4 is 45.1 Å². The Morgan fingerprint density at radius 2 is 0.813 bits per heavy atom. The molecule has 0 amide bonds. The van der Waals surface area contributed by atoms with Crippen LogP contribution in [0.5, 0.6) is 0 Å². The number of halogens is 1. The Bertz CT molecular complexity index is 2950. The minimum Gasteiger partial charge on any atom is -0.477 e. The molecule has 5 fully saturated rings. The SMILES string of the molecule is COC(=O)c1cccn([C@H]2CC2OC)c1=O.COC(=O)c1cccoc1=O.COC1C[C@@H]1N.COC1C[C@@H]1n1cccc(C(=O)O)c1=O.COC1C[C@@H]1n1cccc(N)c1=O.COC1C[C@@H]1n1cccc(N)c1=O.Cl. The highest BCUT2D eigenvalue weighted by Gasteiger charge is 2.42. The van der Waals surface area contributed by atoms with Gasteiger partial charge in [-0.1, -0.05) is 0 Å². The Morgan fingerprint density at radius 3 is 1.12 bits per heavy atom. The van der Waals surface area contributed by atoms with Crippen molar-refractivity contribution >= 4 is 41.7 Å². The molecular weight excluding hydrogens is 1010 g/mol. The lowest BCUT2D eigenvalue weighted by atomic mass is 10.3. The summed E-state index contributed by atoms with van der Waals surface area (Å²) in [4.78, 5) is 90.1. The smallest absolute Gasteiger partial charge is 0.350 e. The van der Waals surface area contributed by atoms with Gasteiger partial charge in [-0.15, -0.1) is 12.4 Å². The third-order valence-electron chi connectivity index (χ3n) is 12.3. The molecule has 7 N–H and O–H groups in total. The minimum absolute atomic E-state index is 0. The van der Waals surface area contributed by atoms with E-state index in [1.807, 2.05) is 0 Å². The molecule has 10 rings (SSSR count). The fraction of sp³-hybridized carbons (Fsp3) is 0.440. The second kappa shape index (κ2) is 27.9. The zero-order chi connectivity index (χ0) is 54.4. The number of anilines is 2. The van der Waals surface area contributed by atoms with Crippen molar-refractivity contribution in [1.29, 1.82) is 0 Å². The van der Waals surface area contributed by atoms with Crippen LogP contribution in [-0.2, 0) is 33.2 Å². The first-order chi connectivity index (χ1) is 35.4. The number of nitrogens with two attached hydrogens (primary N) is 3. The molecule has 408 valence electrons. The maximum atomic E-state index is 11.9. The predicted octanol–water partition coefficient (Wildman–Crippen LogP) is 2.46. The number of esters is 2. The largest absolute Gasteiger partial charge is 0.477 e. The molecule has 75 heavy (non-hydrogen) atoms. The van der Waals surface area contributed by atoms with Crippen LogP contribution in [0.3, 0.4) is 0 Å². The number of carbonyl (C=O) groups is 3. The van der Waals surface area contributed by atoms with Gasteiger partial charge >= 0.3 is 23.5 Å². The summed E-state index contributed by atoms with van der Waals surface area (Å²) in [5, 5.41) is 8.77. The standard InChI is InChI=1S/C11H13NO4.C10H11NO4.2C9H12N2O2.C7H6O4.C4H9NO.ClH/c1-15-9-6-8(9)12-5-3-4-7(10(12)13)11(14)16-2;1-15-8-5-7(8)11-4-2-3-6(9(11)12)10(13)14;2*1-13-8-5-7(8)11-4-2-3-6(10)9(11)12;1-10-6(8)5-3-2-4-11-7(5)9;1-6-4-2-3(4)5;/h3-5,8-9H,6H2,1-2H3;2-4,7-8H,5H2,1H3,(H,13,14);2*2-4,7-8H,5,10H2,1H3;2-4H,1H3;3-4H,2,5H2,1H3;1H/t8-,9?;3*7-,8?;;3-,4?;/m0000.0./s1. The highest BCUT2D eigenvalue weighted by molar-refractivity contribution is 5.89. The monoisotopic (exact) mass is 1070 g/mol. The molecule has 5 unspecified atom stereocenters. The Kier molecular flexibility index (Phi) is 22.5. The Labute approximate surface area is 435 Å². The third kappa shape index (κ3) is 16.2. The normalized spacial score (nSPS) is 23.4. The number of aromatic nitrogens is 4. The molecule has 5 aromatic heterocycles. The number of nitrogen functional groups attached to an aromatic ring is 2. The summed E-state index contributed by atoms with van der Waals surface area (Å²) in [6.45, 7) is 0. The Morgan fingerprint density at radius 1 is 0.493 bits per heavy atom. The zero-order valence-electron chi connectivity index (χ0n) is 42.4. The molecule has 5 saturated carbocycles. The van der Waals surface area contributed by atoms with Crippen LogP contribution in [-0.4, -0.2) is 128 Å². The molecule has 5 aromatic rings. The number of methoxy groups -OCH3 is 7. The summed E-state index contributed by atoms with van der Waals surface area (Å²) in [5.41, 5.74) is 15.0. The number of carboxylic acid groups (broad SMARTS) is 1. The molecule has 0 aromatic carbocycles. The van der Waals surface area contributed by atoms with Crippen molar-refractivity contribution in [2.45, 2.75) is 92.8 Å². The summed E-state index contributed by atoms with van der Waals surface area (Å²) < 4.78 is 44.8. The van der Waals surface area contributed by atoms with Crippen LogP contribution in [0.2, 0.25) is 0 Å². The van der Waals surface area contributed by atoms with E-state index in [9.17, 15) is 38.4 Å². The van der Waals surface area contributed by atoms with Gasteiger partial charge in [0, 0.05) is 66.4 Å². The number of ether oxygens (including phenoxy) is 7. The van der Waals surface area contributed by atoms with Gasteiger partial charge in [0.2, 0.25) is 0 Å². The van der Waals surface area contributed by atoms with E-state index in [0.29, 0.717) is 23.5 Å². The van der Waals surface area contributed by atoms with Crippen molar-refractivity contribution in [3.8, 4) is 0 Å². The Hall–Kier alpha value is -7.19. The second-order valence-electron chi connectivity index (χ2n) is 17.2. The second-order valence-corrected chi connectivity index (χ2v) is 17.2. The van der Waals surface area contributed by atoms with E-state index in [1.54, 1.807) is 106 Å². The number of pyridine rings is 4. The highest BCUT2D eigenvalue weighted by atomic mass is 35.5. The quantitative estimate of drug-likeness (QED) is 0.130. The topological polar surface area (TPSA) is 332 Å². The van der Waals surface area contributed by atoms with Crippen molar-refractivity contribution in [2.24, 2.45) is 5.73 Å². The van der Waals surface area contributed by atoms with Gasteiger partial charge in [0.1, 0.15) is 16.7 Å². The van der Waals surface area contributed by atoms with E-state index >= 15 is 0 Å². The number of hydrogen-bond acceptors (Lipinski definition) is 19. The fourth-order valence-electron chi connectivity index (χ4n) is 7.46. The zero-order valence-corrected chi connectivity index (χ0v) is 43.2. The predicted molar refractivity (Wildman–Crippen MR) is 275 cm³/mol. The molecule has 0 radical (unpaired) electrons. The molecule has 10 atom stereocenters. The summed E-state index contributed by atoms with van der Waals surface area (Å²) in [5.74, 6) is -2.47. The molecule has 0 bridgehead atoms. The van der Waals surface area contributed by atoms with Gasteiger partial charge in [0.15, 0.2) is 0 Å². The van der Waals surface area contributed by atoms with Gasteiger partial charge in [-0.2, -0.15) is 0 Å². The molecule has 0 saturated heterocycles. The molecule has 5 heterocycles. The van der Waals surface area contributed by atoms with Gasteiger partial charge in [-0.25, -0.2) is 19.2 Å². The highest BCUT2D eigenvalue weighted by Crippen LogP contribution is 2.39. The van der Waals surface area contributed by atoms with Gasteiger partial charge in [-0.3, -0.25) is 19.2 Å². The molecule has 0 spiro atoms. The van der Waals surface area contributed by atoms with E-state index < -0.39 is 29.1 Å². The number of hydrogen-bond donors (Lipinski definition) is 4. The summed E-state index contributed by atoms with van der Waals surface area (Å²) >= 11 is 0. The first-order valence-corrected chi connectivity index (χ1v) is 23.1. The molecule has 5 aliphatic carbocycles. The average molecular weight is 1070 g/mol. The van der Waals surface area contributed by atoms with E-state index in [1.165, 1.54) is 53.9 Å². The van der Waals surface area contributed by atoms with Crippen LogP contribution in [0, 0.1) is 0 Å². The average Bonchev–Trinajstić information content (AvgIpc) is 4.16. The summed E-state index contributed by atoms with van der Waals surface area (Å²) in [7, 11) is 10.7. The summed E-state index contributed by atoms with van der Waals surface area (Å²) in [6, 6.07) is 16.3. The van der Waals surface area contributed by atoms with Crippen molar-refractivity contribution in [2.75, 3.05) is 61.2 Å². The molecule has 5 aliphatic rings. The first-order valence-electron chi connectivity index (χ1n) is 23.1. The number of carboxylic acids is 1. The molecule has 24 nitrogen and oxygen atoms in total. The van der Waals surface area contributed by atoms with Crippen LogP contribution in [0.15, 0.2) is 120 Å². The third-order valence-corrected chi connectivity index (χ3v) is 12.3. The lowest BCUT2D eigenvalue weighted by molar-refractivity contribution is 0.0587. The van der Waals surface area contributed by atoms with E-state index in [2.05, 4.69) is 13.9 Å². The minimum atomic E-state index is -1.19. The fourth-order valence-corrected chi connectivity index (χ4v) is 7.46. The van der Waals surface area contributed by atoms with E-state index in [4.69, 9.17) is 46.0 Å².